The summed E-state index contributed by atoms with van der Waals surface area (Å²) in [5, 5.41) is 7.61. The Morgan fingerprint density at radius 3 is 2.71 bits per heavy atom. The fourth-order valence-corrected chi connectivity index (χ4v) is 4.44. The average Bonchev–Trinajstić information content (AvgIpc) is 2.89. The number of rotatable bonds is 3. The molecule has 1 aromatic heterocycles. The van der Waals surface area contributed by atoms with Gasteiger partial charge in [-0.1, -0.05) is 29.5 Å². The molecule has 3 rings (SSSR count). The van der Waals surface area contributed by atoms with Crippen LogP contribution in [-0.4, -0.2) is 38.7 Å². The normalized spacial score (nSPS) is 18.5. The van der Waals surface area contributed by atoms with Gasteiger partial charge in [0.15, 0.2) is 4.34 Å². The third kappa shape index (κ3) is 3.73. The number of amides is 2. The lowest BCUT2D eigenvalue weighted by atomic mass is 10.2. The first-order valence-corrected chi connectivity index (χ1v) is 9.11. The first-order valence-electron chi connectivity index (χ1n) is 7.41. The smallest absolute Gasteiger partial charge is 0.260 e. The molecule has 0 bridgehead atoms. The zero-order chi connectivity index (χ0) is 17.1. The summed E-state index contributed by atoms with van der Waals surface area (Å²) in [5.74, 6) is -1.07. The highest BCUT2D eigenvalue weighted by molar-refractivity contribution is 8.02. The second kappa shape index (κ2) is 7.27. The van der Waals surface area contributed by atoms with Crippen LogP contribution in [0.4, 0.5) is 9.52 Å². The predicted octanol–water partition coefficient (Wildman–Crippen LogP) is 2.57. The fraction of sp³-hybridized carbons (Fsp3) is 0.333. The van der Waals surface area contributed by atoms with E-state index in [1.165, 1.54) is 52.3 Å². The van der Waals surface area contributed by atoms with Crippen LogP contribution in [0.2, 0.25) is 0 Å². The van der Waals surface area contributed by atoms with Crippen LogP contribution in [-0.2, 0) is 4.79 Å². The van der Waals surface area contributed by atoms with Gasteiger partial charge < -0.3 is 5.73 Å². The third-order valence-electron chi connectivity index (χ3n) is 3.64. The van der Waals surface area contributed by atoms with Gasteiger partial charge in [0, 0.05) is 12.1 Å². The number of nitrogens with zero attached hydrogens (tertiary/aromatic N) is 3. The number of likely N-dealkylation sites (tertiary alicyclic amines) is 1. The summed E-state index contributed by atoms with van der Waals surface area (Å²) in [7, 11) is 0. The van der Waals surface area contributed by atoms with Gasteiger partial charge in [0.2, 0.25) is 11.0 Å². The van der Waals surface area contributed by atoms with Crippen LogP contribution in [0.3, 0.4) is 0 Å². The Morgan fingerprint density at radius 2 is 2.04 bits per heavy atom. The zero-order valence-electron chi connectivity index (χ0n) is 12.6. The molecule has 1 saturated heterocycles. The van der Waals surface area contributed by atoms with Crippen molar-refractivity contribution in [1.29, 1.82) is 0 Å². The van der Waals surface area contributed by atoms with Gasteiger partial charge in [0.25, 0.3) is 5.91 Å². The van der Waals surface area contributed by atoms with Crippen molar-refractivity contribution in [3.8, 4) is 0 Å². The second-order valence-electron chi connectivity index (χ2n) is 5.31. The summed E-state index contributed by atoms with van der Waals surface area (Å²) < 4.78 is 13.6. The number of carbonyl (C=O) groups is 2. The van der Waals surface area contributed by atoms with Crippen molar-refractivity contribution in [2.24, 2.45) is 0 Å². The van der Waals surface area contributed by atoms with Crippen LogP contribution in [0.5, 0.6) is 0 Å². The van der Waals surface area contributed by atoms with Crippen LogP contribution in [0.15, 0.2) is 28.6 Å². The molecule has 2 aromatic rings. The molecule has 1 aliphatic rings. The van der Waals surface area contributed by atoms with E-state index in [-0.39, 0.29) is 5.91 Å². The number of benzene rings is 1. The zero-order valence-corrected chi connectivity index (χ0v) is 14.3. The standard InChI is InChI=1S/C15H15FN4O2S2/c16-10-6-4-9(5-7-10)12(21)20-8-2-1-3-11(13(20)22)23-15-19-18-14(17)24-15/h4-7,11H,1-3,8H2,(H2,17,18). The second-order valence-corrected chi connectivity index (χ2v) is 7.77. The number of halogens is 1. The molecule has 1 unspecified atom stereocenters. The van der Waals surface area contributed by atoms with E-state index in [9.17, 15) is 14.0 Å². The Labute approximate surface area is 146 Å². The molecule has 2 N–H and O–H groups in total. The highest BCUT2D eigenvalue weighted by atomic mass is 32.2. The number of hydrogen-bond acceptors (Lipinski definition) is 7. The number of thioether (sulfide) groups is 1. The molecule has 9 heteroatoms. The minimum absolute atomic E-state index is 0.249. The molecule has 1 aliphatic heterocycles. The van der Waals surface area contributed by atoms with Gasteiger partial charge in [-0.2, -0.15) is 0 Å². The van der Waals surface area contributed by atoms with Crippen LogP contribution < -0.4 is 5.73 Å². The minimum atomic E-state index is -0.420. The summed E-state index contributed by atoms with van der Waals surface area (Å²) in [5.41, 5.74) is 5.87. The molecule has 2 amide bonds. The van der Waals surface area contributed by atoms with Crippen molar-refractivity contribution >= 4 is 40.0 Å². The molecule has 24 heavy (non-hydrogen) atoms. The summed E-state index contributed by atoms with van der Waals surface area (Å²) in [4.78, 5) is 26.6. The molecule has 6 nitrogen and oxygen atoms in total. The quantitative estimate of drug-likeness (QED) is 0.840. The van der Waals surface area contributed by atoms with Crippen molar-refractivity contribution in [1.82, 2.24) is 15.1 Å². The fourth-order valence-electron chi connectivity index (χ4n) is 2.46. The van der Waals surface area contributed by atoms with Gasteiger partial charge >= 0.3 is 0 Å². The highest BCUT2D eigenvalue weighted by Crippen LogP contribution is 2.33. The van der Waals surface area contributed by atoms with Crippen LogP contribution in [0.25, 0.3) is 0 Å². The van der Waals surface area contributed by atoms with Gasteiger partial charge in [-0.3, -0.25) is 14.5 Å². The van der Waals surface area contributed by atoms with E-state index in [4.69, 9.17) is 5.73 Å². The van der Waals surface area contributed by atoms with E-state index >= 15 is 0 Å². The Morgan fingerprint density at radius 1 is 1.29 bits per heavy atom. The Kier molecular flexibility index (Phi) is 5.10. The molecule has 0 radical (unpaired) electrons. The maximum atomic E-state index is 13.0. The Bertz CT molecular complexity index is 750. The Hall–Kier alpha value is -2.00. The van der Waals surface area contributed by atoms with E-state index in [0.717, 1.165) is 12.8 Å². The van der Waals surface area contributed by atoms with E-state index in [1.54, 1.807) is 0 Å². The molecular weight excluding hydrogens is 351 g/mol. The van der Waals surface area contributed by atoms with Gasteiger partial charge in [-0.25, -0.2) is 4.39 Å². The number of anilines is 1. The van der Waals surface area contributed by atoms with Crippen molar-refractivity contribution in [3.05, 3.63) is 35.6 Å². The summed E-state index contributed by atoms with van der Waals surface area (Å²) in [6.45, 7) is 0.365. The van der Waals surface area contributed by atoms with Crippen molar-refractivity contribution < 1.29 is 14.0 Å². The first kappa shape index (κ1) is 16.8. The largest absolute Gasteiger partial charge is 0.374 e. The molecule has 1 aromatic carbocycles. The van der Waals surface area contributed by atoms with E-state index < -0.39 is 17.0 Å². The summed E-state index contributed by atoms with van der Waals surface area (Å²) in [6, 6.07) is 5.21. The number of imide groups is 1. The number of nitrogens with two attached hydrogens (primary N) is 1. The highest BCUT2D eigenvalue weighted by Gasteiger charge is 2.32. The Balaban J connectivity index is 1.78. The van der Waals surface area contributed by atoms with Gasteiger partial charge in [-0.05, 0) is 37.1 Å². The van der Waals surface area contributed by atoms with Gasteiger partial charge in [0.05, 0.1) is 5.25 Å². The molecule has 0 aliphatic carbocycles. The third-order valence-corrected chi connectivity index (χ3v) is 5.73. The topological polar surface area (TPSA) is 89.2 Å². The van der Waals surface area contributed by atoms with E-state index in [2.05, 4.69) is 10.2 Å². The minimum Gasteiger partial charge on any atom is -0.374 e. The van der Waals surface area contributed by atoms with Gasteiger partial charge in [0.1, 0.15) is 5.82 Å². The number of nitrogen functional groups attached to an aromatic ring is 1. The molecular formula is C15H15FN4O2S2. The maximum absolute atomic E-state index is 13.0. The molecule has 1 atom stereocenters. The predicted molar refractivity (Wildman–Crippen MR) is 90.3 cm³/mol. The molecule has 0 saturated carbocycles. The maximum Gasteiger partial charge on any atom is 0.260 e. The molecule has 0 spiro atoms. The van der Waals surface area contributed by atoms with Crippen LogP contribution in [0.1, 0.15) is 29.6 Å². The van der Waals surface area contributed by atoms with E-state index in [0.29, 0.717) is 28.0 Å². The van der Waals surface area contributed by atoms with Crippen molar-refractivity contribution in [2.45, 2.75) is 28.9 Å². The monoisotopic (exact) mass is 366 g/mol. The molecule has 1 fully saturated rings. The van der Waals surface area contributed by atoms with Crippen LogP contribution >= 0.6 is 23.1 Å². The summed E-state index contributed by atoms with van der Waals surface area (Å²) >= 11 is 2.51. The lowest BCUT2D eigenvalue weighted by Crippen LogP contribution is -2.41. The number of carbonyl (C=O) groups excluding carboxylic acids is 2. The lowest BCUT2D eigenvalue weighted by molar-refractivity contribution is -0.127. The first-order chi connectivity index (χ1) is 11.5. The lowest BCUT2D eigenvalue weighted by Gasteiger charge is -2.21. The molecule has 2 heterocycles. The van der Waals surface area contributed by atoms with Crippen molar-refractivity contribution in [2.75, 3.05) is 12.3 Å². The van der Waals surface area contributed by atoms with Crippen LogP contribution in [0, 0.1) is 5.82 Å². The SMILES string of the molecule is Nc1nnc(SC2CCCCN(C(=O)c3ccc(F)cc3)C2=O)s1. The number of hydrogen-bond donors (Lipinski definition) is 1. The van der Waals surface area contributed by atoms with E-state index in [1.807, 2.05) is 0 Å². The van der Waals surface area contributed by atoms with Gasteiger partial charge in [-0.15, -0.1) is 10.2 Å². The average molecular weight is 366 g/mol. The number of aromatic nitrogens is 2. The molecule has 126 valence electrons. The van der Waals surface area contributed by atoms with Crippen molar-refractivity contribution in [3.63, 3.8) is 0 Å². The summed E-state index contributed by atoms with van der Waals surface area (Å²) in [6.07, 6.45) is 2.25.